The molecule has 0 spiro atoms. The SMILES string of the molecule is CCOC(=O)c1c(CCCOc2cccc3ccccc23)c2ccc(C)c(-c3c(CBr)nn(C)c3CC)c2n1CCCNC.[HH]. The highest BCUT2D eigenvalue weighted by atomic mass is 79.9. The van der Waals surface area contributed by atoms with Gasteiger partial charge in [0, 0.05) is 47.9 Å². The van der Waals surface area contributed by atoms with E-state index in [1.807, 2.05) is 50.0 Å². The van der Waals surface area contributed by atoms with Crippen LogP contribution in [-0.2, 0) is 36.5 Å². The zero-order chi connectivity index (χ0) is 31.2. The van der Waals surface area contributed by atoms with Crippen molar-refractivity contribution in [2.24, 2.45) is 7.05 Å². The Labute approximate surface area is 270 Å². The third-order valence-corrected chi connectivity index (χ3v) is 8.87. The van der Waals surface area contributed by atoms with Gasteiger partial charge in [0.1, 0.15) is 11.4 Å². The van der Waals surface area contributed by atoms with Crippen LogP contribution in [0.2, 0.25) is 0 Å². The van der Waals surface area contributed by atoms with E-state index in [1.54, 1.807) is 0 Å². The van der Waals surface area contributed by atoms with Crippen molar-refractivity contribution in [2.45, 2.75) is 58.3 Å². The highest BCUT2D eigenvalue weighted by Crippen LogP contribution is 2.41. The van der Waals surface area contributed by atoms with Crippen molar-refractivity contribution in [3.63, 3.8) is 0 Å². The van der Waals surface area contributed by atoms with E-state index in [1.165, 1.54) is 5.69 Å². The maximum absolute atomic E-state index is 13.8. The summed E-state index contributed by atoms with van der Waals surface area (Å²) in [5.74, 6) is 0.608. The minimum atomic E-state index is -0.274. The second kappa shape index (κ2) is 14.4. The lowest BCUT2D eigenvalue weighted by molar-refractivity contribution is 0.0512. The quantitative estimate of drug-likeness (QED) is 0.0742. The summed E-state index contributed by atoms with van der Waals surface area (Å²) in [5.41, 5.74) is 8.41. The molecule has 0 saturated heterocycles. The smallest absolute Gasteiger partial charge is 0.355 e. The summed E-state index contributed by atoms with van der Waals surface area (Å²) in [6.45, 7) is 8.60. The first-order valence-electron chi connectivity index (χ1n) is 15.6. The van der Waals surface area contributed by atoms with Gasteiger partial charge in [-0.25, -0.2) is 4.79 Å². The lowest BCUT2D eigenvalue weighted by atomic mass is 9.93. The van der Waals surface area contributed by atoms with Gasteiger partial charge in [-0.3, -0.25) is 4.68 Å². The van der Waals surface area contributed by atoms with Gasteiger partial charge in [-0.05, 0) is 75.7 Å². The Hall–Kier alpha value is -3.62. The van der Waals surface area contributed by atoms with Crippen LogP contribution in [0.15, 0.2) is 54.6 Å². The Morgan fingerprint density at radius 3 is 2.57 bits per heavy atom. The molecule has 1 N–H and O–H groups in total. The third-order valence-electron chi connectivity index (χ3n) is 8.34. The number of hydrogen-bond donors (Lipinski definition) is 1. The van der Waals surface area contributed by atoms with Crippen molar-refractivity contribution in [3.8, 4) is 16.9 Å². The van der Waals surface area contributed by atoms with Crippen LogP contribution in [0.4, 0.5) is 0 Å². The zero-order valence-corrected chi connectivity index (χ0v) is 28.1. The van der Waals surface area contributed by atoms with Crippen molar-refractivity contribution >= 4 is 43.6 Å². The lowest BCUT2D eigenvalue weighted by Crippen LogP contribution is -2.17. The second-order valence-corrected chi connectivity index (χ2v) is 11.7. The summed E-state index contributed by atoms with van der Waals surface area (Å²) in [4.78, 5) is 13.8. The molecule has 0 fully saturated rings. The van der Waals surface area contributed by atoms with Crippen LogP contribution in [0, 0.1) is 6.92 Å². The summed E-state index contributed by atoms with van der Waals surface area (Å²) >= 11 is 3.70. The van der Waals surface area contributed by atoms with Gasteiger partial charge < -0.3 is 19.4 Å². The number of esters is 1. The van der Waals surface area contributed by atoms with Crippen LogP contribution >= 0.6 is 15.9 Å². The number of fused-ring (bicyclic) bond motifs is 2. The number of rotatable bonds is 14. The zero-order valence-electron chi connectivity index (χ0n) is 26.5. The van der Waals surface area contributed by atoms with Crippen molar-refractivity contribution < 1.29 is 15.7 Å². The first-order chi connectivity index (χ1) is 21.4. The van der Waals surface area contributed by atoms with E-state index in [-0.39, 0.29) is 7.40 Å². The van der Waals surface area contributed by atoms with Gasteiger partial charge in [0.2, 0.25) is 0 Å². The molecule has 234 valence electrons. The van der Waals surface area contributed by atoms with E-state index < -0.39 is 0 Å². The second-order valence-electron chi connectivity index (χ2n) is 11.1. The minimum absolute atomic E-state index is 0. The van der Waals surface area contributed by atoms with E-state index in [4.69, 9.17) is 14.6 Å². The van der Waals surface area contributed by atoms with E-state index in [0.717, 1.165) is 81.2 Å². The monoisotopic (exact) mass is 660 g/mol. The van der Waals surface area contributed by atoms with Crippen molar-refractivity contribution in [2.75, 3.05) is 26.8 Å². The minimum Gasteiger partial charge on any atom is -0.493 e. The van der Waals surface area contributed by atoms with E-state index in [2.05, 4.69) is 70.0 Å². The summed E-state index contributed by atoms with van der Waals surface area (Å²) in [6.07, 6.45) is 3.18. The molecule has 5 aromatic rings. The number of nitrogens with zero attached hydrogens (tertiary/aromatic N) is 3. The molecule has 7 nitrogen and oxygen atoms in total. The summed E-state index contributed by atoms with van der Waals surface area (Å²) in [6, 6.07) is 18.8. The predicted molar refractivity (Wildman–Crippen MR) is 185 cm³/mol. The molecule has 0 aliphatic heterocycles. The summed E-state index contributed by atoms with van der Waals surface area (Å²) in [7, 11) is 3.98. The van der Waals surface area contributed by atoms with E-state index in [9.17, 15) is 4.79 Å². The van der Waals surface area contributed by atoms with Gasteiger partial charge in [0.25, 0.3) is 0 Å². The first-order valence-corrected chi connectivity index (χ1v) is 16.7. The Bertz CT molecular complexity index is 1770. The highest BCUT2D eigenvalue weighted by molar-refractivity contribution is 9.08. The molecule has 8 heteroatoms. The van der Waals surface area contributed by atoms with Gasteiger partial charge in [0.15, 0.2) is 0 Å². The number of carbonyl (C=O) groups is 1. The first kappa shape index (κ1) is 31.8. The van der Waals surface area contributed by atoms with E-state index in [0.29, 0.717) is 37.2 Å². The van der Waals surface area contributed by atoms with Crippen LogP contribution in [0.1, 0.15) is 61.1 Å². The number of hydrogen-bond acceptors (Lipinski definition) is 5. The standard InChI is InChI=1S/C36H43BrN4O3.H2/c1-6-30-33(29(23-37)39-40(30)5)32-24(3)18-19-28-27(35(36(42)43-7-2)41(34(28)32)21-12-20-38-4)16-11-22-44-31-17-10-14-25-13-8-9-15-26(25)31;/h8-10,13-15,17-19,38H,6-7,11-12,16,20-23H2,1-5H3;1H. The number of aromatic nitrogens is 3. The number of ether oxygens (including phenoxy) is 2. The average Bonchev–Trinajstić information content (AvgIpc) is 3.52. The number of aryl methyl sites for hydroxylation is 4. The molecule has 2 heterocycles. The normalized spacial score (nSPS) is 11.5. The molecule has 0 saturated carbocycles. The van der Waals surface area contributed by atoms with Crippen molar-refractivity contribution in [3.05, 3.63) is 82.8 Å². The fraction of sp³-hybridized carbons (Fsp3) is 0.389. The molecule has 2 aromatic heterocycles. The Morgan fingerprint density at radius 2 is 1.82 bits per heavy atom. The van der Waals surface area contributed by atoms with Gasteiger partial charge >= 0.3 is 5.97 Å². The Balaban J connectivity index is 0.00000461. The van der Waals surface area contributed by atoms with Gasteiger partial charge in [-0.1, -0.05) is 71.4 Å². The molecule has 0 atom stereocenters. The summed E-state index contributed by atoms with van der Waals surface area (Å²) in [5, 5.41) is 12.2. The molecule has 3 aromatic carbocycles. The number of alkyl halides is 1. The predicted octanol–water partition coefficient (Wildman–Crippen LogP) is 8.00. The van der Waals surface area contributed by atoms with Gasteiger partial charge in [-0.15, -0.1) is 0 Å². The fourth-order valence-electron chi connectivity index (χ4n) is 6.42. The lowest BCUT2D eigenvalue weighted by Gasteiger charge is -2.16. The highest BCUT2D eigenvalue weighted by Gasteiger charge is 2.28. The van der Waals surface area contributed by atoms with Gasteiger partial charge in [0.05, 0.1) is 24.4 Å². The molecule has 0 unspecified atom stereocenters. The van der Waals surface area contributed by atoms with Crippen LogP contribution in [0.25, 0.3) is 32.8 Å². The maximum Gasteiger partial charge on any atom is 0.355 e. The number of carbonyl (C=O) groups excluding carboxylic acids is 1. The maximum atomic E-state index is 13.8. The van der Waals surface area contributed by atoms with Gasteiger partial charge in [-0.2, -0.15) is 5.10 Å². The molecule has 0 radical (unpaired) electrons. The topological polar surface area (TPSA) is 70.3 Å². The third kappa shape index (κ3) is 6.15. The largest absolute Gasteiger partial charge is 0.493 e. The van der Waals surface area contributed by atoms with Crippen LogP contribution in [0.5, 0.6) is 5.75 Å². The molecule has 0 aliphatic rings. The van der Waals surface area contributed by atoms with Crippen LogP contribution < -0.4 is 10.1 Å². The van der Waals surface area contributed by atoms with Crippen LogP contribution in [0.3, 0.4) is 0 Å². The average molecular weight is 662 g/mol. The van der Waals surface area contributed by atoms with E-state index >= 15 is 0 Å². The number of nitrogens with one attached hydrogen (secondary N) is 1. The molecule has 5 rings (SSSR count). The molecular formula is C36H45BrN4O3. The molecule has 0 amide bonds. The Kier molecular flexibility index (Phi) is 10.4. The Morgan fingerprint density at radius 1 is 1.02 bits per heavy atom. The molecule has 0 bridgehead atoms. The molecule has 0 aliphatic carbocycles. The number of benzene rings is 3. The van der Waals surface area contributed by atoms with Crippen LogP contribution in [-0.4, -0.2) is 47.1 Å². The van der Waals surface area contributed by atoms with Crippen molar-refractivity contribution in [1.82, 2.24) is 19.7 Å². The van der Waals surface area contributed by atoms with Crippen molar-refractivity contribution in [1.29, 1.82) is 0 Å². The number of halogens is 1. The summed E-state index contributed by atoms with van der Waals surface area (Å²) < 4.78 is 16.2. The fourth-order valence-corrected chi connectivity index (χ4v) is 6.81. The molecule has 44 heavy (non-hydrogen) atoms. The molecular weight excluding hydrogens is 616 g/mol.